The van der Waals surface area contributed by atoms with Crippen LogP contribution in [0.5, 0.6) is 0 Å². The van der Waals surface area contributed by atoms with E-state index < -0.39 is 0 Å². The van der Waals surface area contributed by atoms with Crippen LogP contribution in [0, 0.1) is 6.92 Å². The zero-order valence-corrected chi connectivity index (χ0v) is 10.1. The molecule has 2 aromatic heterocycles. The van der Waals surface area contributed by atoms with E-state index in [1.807, 2.05) is 43.3 Å². The number of hydrogen-bond donors (Lipinski definition) is 1. The average molecular weight is 238 g/mol. The van der Waals surface area contributed by atoms with Crippen molar-refractivity contribution in [2.75, 3.05) is 0 Å². The van der Waals surface area contributed by atoms with Crippen molar-refractivity contribution >= 4 is 10.9 Å². The Kier molecular flexibility index (Phi) is 2.61. The van der Waals surface area contributed by atoms with E-state index in [-0.39, 0.29) is 6.04 Å². The highest BCUT2D eigenvalue weighted by atomic mass is 16.3. The zero-order valence-electron chi connectivity index (χ0n) is 10.1. The number of nitrogens with two attached hydrogens (primary N) is 1. The van der Waals surface area contributed by atoms with Gasteiger partial charge in [0.2, 0.25) is 0 Å². The SMILES string of the molecule is Cc1occc1C(N)c1ccc2cccnc2c1. The van der Waals surface area contributed by atoms with Gasteiger partial charge < -0.3 is 10.2 Å². The van der Waals surface area contributed by atoms with Gasteiger partial charge in [0, 0.05) is 17.1 Å². The van der Waals surface area contributed by atoms with Crippen LogP contribution < -0.4 is 5.73 Å². The van der Waals surface area contributed by atoms with E-state index in [9.17, 15) is 0 Å². The Hall–Kier alpha value is -2.13. The molecule has 0 bridgehead atoms. The van der Waals surface area contributed by atoms with Gasteiger partial charge in [-0.15, -0.1) is 0 Å². The monoisotopic (exact) mass is 238 g/mol. The summed E-state index contributed by atoms with van der Waals surface area (Å²) >= 11 is 0. The summed E-state index contributed by atoms with van der Waals surface area (Å²) in [7, 11) is 0. The molecule has 1 aromatic carbocycles. The predicted octanol–water partition coefficient (Wildman–Crippen LogP) is 3.18. The molecule has 2 heterocycles. The highest BCUT2D eigenvalue weighted by molar-refractivity contribution is 5.79. The molecule has 0 saturated carbocycles. The minimum atomic E-state index is -0.171. The number of nitrogens with zero attached hydrogens (tertiary/aromatic N) is 1. The molecule has 3 heteroatoms. The molecule has 0 fully saturated rings. The summed E-state index contributed by atoms with van der Waals surface area (Å²) in [5.41, 5.74) is 9.29. The molecule has 0 aliphatic rings. The zero-order chi connectivity index (χ0) is 12.5. The summed E-state index contributed by atoms with van der Waals surface area (Å²) in [6.07, 6.45) is 3.46. The van der Waals surface area contributed by atoms with Crippen LogP contribution >= 0.6 is 0 Å². The van der Waals surface area contributed by atoms with Crippen LogP contribution in [0.15, 0.2) is 53.3 Å². The molecular formula is C15H14N2O. The fourth-order valence-electron chi connectivity index (χ4n) is 2.17. The van der Waals surface area contributed by atoms with Gasteiger partial charge in [0.15, 0.2) is 0 Å². The Bertz CT molecular complexity index is 688. The van der Waals surface area contributed by atoms with Crippen LogP contribution in [0.3, 0.4) is 0 Å². The van der Waals surface area contributed by atoms with Crippen molar-refractivity contribution in [1.82, 2.24) is 4.98 Å². The quantitative estimate of drug-likeness (QED) is 0.746. The van der Waals surface area contributed by atoms with Gasteiger partial charge in [0.25, 0.3) is 0 Å². The smallest absolute Gasteiger partial charge is 0.105 e. The number of fused-ring (bicyclic) bond motifs is 1. The maximum atomic E-state index is 6.26. The van der Waals surface area contributed by atoms with Crippen molar-refractivity contribution in [2.24, 2.45) is 5.73 Å². The normalized spacial score (nSPS) is 12.8. The Morgan fingerprint density at radius 3 is 2.89 bits per heavy atom. The maximum Gasteiger partial charge on any atom is 0.105 e. The van der Waals surface area contributed by atoms with E-state index in [1.54, 1.807) is 12.5 Å². The number of rotatable bonds is 2. The average Bonchev–Trinajstić information content (AvgIpc) is 2.83. The van der Waals surface area contributed by atoms with Crippen LogP contribution in [-0.4, -0.2) is 4.98 Å². The molecule has 18 heavy (non-hydrogen) atoms. The summed E-state index contributed by atoms with van der Waals surface area (Å²) in [6.45, 7) is 1.93. The number of benzene rings is 1. The minimum absolute atomic E-state index is 0.171. The first-order chi connectivity index (χ1) is 8.75. The Morgan fingerprint density at radius 1 is 1.22 bits per heavy atom. The van der Waals surface area contributed by atoms with Crippen LogP contribution in [0.4, 0.5) is 0 Å². The summed E-state index contributed by atoms with van der Waals surface area (Å²) < 4.78 is 5.30. The summed E-state index contributed by atoms with van der Waals surface area (Å²) in [5, 5.41) is 1.12. The molecule has 1 atom stereocenters. The maximum absolute atomic E-state index is 6.26. The van der Waals surface area contributed by atoms with Gasteiger partial charge in [-0.3, -0.25) is 4.98 Å². The molecule has 2 N–H and O–H groups in total. The molecule has 3 nitrogen and oxygen atoms in total. The Balaban J connectivity index is 2.07. The van der Waals surface area contributed by atoms with Crippen LogP contribution in [0.2, 0.25) is 0 Å². The second kappa shape index (κ2) is 4.27. The molecule has 3 aromatic rings. The molecule has 1 unspecified atom stereocenters. The van der Waals surface area contributed by atoms with Crippen molar-refractivity contribution < 1.29 is 4.42 Å². The number of aryl methyl sites for hydroxylation is 1. The van der Waals surface area contributed by atoms with Crippen molar-refractivity contribution in [3.8, 4) is 0 Å². The first-order valence-electron chi connectivity index (χ1n) is 5.90. The lowest BCUT2D eigenvalue weighted by Gasteiger charge is -2.11. The number of hydrogen-bond acceptors (Lipinski definition) is 3. The summed E-state index contributed by atoms with van der Waals surface area (Å²) in [5.74, 6) is 0.864. The topological polar surface area (TPSA) is 52.0 Å². The fourth-order valence-corrected chi connectivity index (χ4v) is 2.17. The highest BCUT2D eigenvalue weighted by Crippen LogP contribution is 2.25. The molecule has 0 aliphatic heterocycles. The van der Waals surface area contributed by atoms with Crippen molar-refractivity contribution in [1.29, 1.82) is 0 Å². The molecule has 0 spiro atoms. The van der Waals surface area contributed by atoms with Crippen LogP contribution in [-0.2, 0) is 0 Å². The van der Waals surface area contributed by atoms with Crippen molar-refractivity contribution in [2.45, 2.75) is 13.0 Å². The first kappa shape index (κ1) is 11.0. The van der Waals surface area contributed by atoms with Gasteiger partial charge >= 0.3 is 0 Å². The fraction of sp³-hybridized carbons (Fsp3) is 0.133. The Labute approximate surface area is 105 Å². The lowest BCUT2D eigenvalue weighted by atomic mass is 9.99. The van der Waals surface area contributed by atoms with E-state index in [4.69, 9.17) is 10.2 Å². The minimum Gasteiger partial charge on any atom is -0.469 e. The van der Waals surface area contributed by atoms with Gasteiger partial charge in [-0.1, -0.05) is 18.2 Å². The van der Waals surface area contributed by atoms with E-state index in [0.29, 0.717) is 0 Å². The predicted molar refractivity (Wildman–Crippen MR) is 71.2 cm³/mol. The van der Waals surface area contributed by atoms with E-state index in [1.165, 1.54) is 0 Å². The van der Waals surface area contributed by atoms with E-state index >= 15 is 0 Å². The Morgan fingerprint density at radius 2 is 2.11 bits per heavy atom. The lowest BCUT2D eigenvalue weighted by molar-refractivity contribution is 0.527. The third kappa shape index (κ3) is 1.79. The third-order valence-electron chi connectivity index (χ3n) is 3.22. The highest BCUT2D eigenvalue weighted by Gasteiger charge is 2.13. The molecule has 90 valence electrons. The molecule has 3 rings (SSSR count). The number of furan rings is 1. The third-order valence-corrected chi connectivity index (χ3v) is 3.22. The molecule has 0 radical (unpaired) electrons. The summed E-state index contributed by atoms with van der Waals surface area (Å²) in [6, 6.07) is 11.8. The lowest BCUT2D eigenvalue weighted by Crippen LogP contribution is -2.12. The first-order valence-corrected chi connectivity index (χ1v) is 5.90. The van der Waals surface area contributed by atoms with Crippen LogP contribution in [0.25, 0.3) is 10.9 Å². The second-order valence-corrected chi connectivity index (χ2v) is 4.37. The molecule has 0 amide bonds. The van der Waals surface area contributed by atoms with Gasteiger partial charge in [-0.05, 0) is 30.7 Å². The van der Waals surface area contributed by atoms with Gasteiger partial charge in [-0.25, -0.2) is 0 Å². The van der Waals surface area contributed by atoms with Crippen molar-refractivity contribution in [3.63, 3.8) is 0 Å². The van der Waals surface area contributed by atoms with Gasteiger partial charge in [-0.2, -0.15) is 0 Å². The van der Waals surface area contributed by atoms with Gasteiger partial charge in [0.05, 0.1) is 17.8 Å². The molecular weight excluding hydrogens is 224 g/mol. The summed E-state index contributed by atoms with van der Waals surface area (Å²) in [4.78, 5) is 4.35. The van der Waals surface area contributed by atoms with Gasteiger partial charge in [0.1, 0.15) is 5.76 Å². The van der Waals surface area contributed by atoms with Crippen molar-refractivity contribution in [3.05, 3.63) is 65.7 Å². The van der Waals surface area contributed by atoms with Crippen LogP contribution in [0.1, 0.15) is 22.9 Å². The number of pyridine rings is 1. The van der Waals surface area contributed by atoms with E-state index in [2.05, 4.69) is 4.98 Å². The standard InChI is InChI=1S/C15H14N2O/c1-10-13(6-8-18-10)15(16)12-5-4-11-3-2-7-17-14(11)9-12/h2-9,15H,16H2,1H3. The molecule has 0 aliphatic carbocycles. The number of aromatic nitrogens is 1. The largest absolute Gasteiger partial charge is 0.469 e. The second-order valence-electron chi connectivity index (χ2n) is 4.37. The van der Waals surface area contributed by atoms with E-state index in [0.717, 1.165) is 27.8 Å². The molecule has 0 saturated heterocycles.